The number of thiophene rings is 1. The van der Waals surface area contributed by atoms with E-state index >= 15 is 0 Å². The van der Waals surface area contributed by atoms with Gasteiger partial charge in [0.05, 0.1) is 10.5 Å². The van der Waals surface area contributed by atoms with Gasteiger partial charge in [0.25, 0.3) is 11.6 Å². The highest BCUT2D eigenvalue weighted by Gasteiger charge is 2.23. The maximum absolute atomic E-state index is 13.2. The van der Waals surface area contributed by atoms with Crippen LogP contribution in [0.1, 0.15) is 41.3 Å². The zero-order chi connectivity index (χ0) is 28.9. The first-order chi connectivity index (χ1) is 19.9. The van der Waals surface area contributed by atoms with E-state index in [4.69, 9.17) is 0 Å². The van der Waals surface area contributed by atoms with Crippen LogP contribution < -0.4 is 5.32 Å². The Labute approximate surface area is 243 Å². The summed E-state index contributed by atoms with van der Waals surface area (Å²) in [5.74, 6) is -0.0535. The van der Waals surface area contributed by atoms with E-state index in [9.17, 15) is 25.4 Å². The number of benzene rings is 1. The van der Waals surface area contributed by atoms with Crippen molar-refractivity contribution in [3.05, 3.63) is 80.0 Å². The normalized spacial score (nSPS) is 12.7. The number of pyridine rings is 1. The molecule has 0 fully saturated rings. The molecule has 0 radical (unpaired) electrons. The van der Waals surface area contributed by atoms with Crippen LogP contribution in [0.25, 0.3) is 17.5 Å². The summed E-state index contributed by atoms with van der Waals surface area (Å²) in [6.07, 6.45) is 8.29. The number of fused-ring (bicyclic) bond motifs is 1. The van der Waals surface area contributed by atoms with E-state index in [0.717, 1.165) is 41.7 Å². The topological polar surface area (TPSA) is 163 Å². The number of nitro benzene ring substituents is 1. The van der Waals surface area contributed by atoms with E-state index < -0.39 is 10.8 Å². The maximum atomic E-state index is 13.2. The quantitative estimate of drug-likeness (QED) is 0.117. The highest BCUT2D eigenvalue weighted by molar-refractivity contribution is 7.99. The lowest BCUT2D eigenvalue weighted by molar-refractivity contribution is -0.384. The van der Waals surface area contributed by atoms with Gasteiger partial charge in [-0.2, -0.15) is 10.5 Å². The Morgan fingerprint density at radius 1 is 1.22 bits per heavy atom. The predicted octanol–water partition coefficient (Wildman–Crippen LogP) is 5.78. The van der Waals surface area contributed by atoms with E-state index in [-0.39, 0.29) is 11.3 Å². The molecule has 1 N–H and O–H groups in total. The molecule has 0 saturated heterocycles. The summed E-state index contributed by atoms with van der Waals surface area (Å²) in [5.41, 5.74) is 2.09. The van der Waals surface area contributed by atoms with Crippen LogP contribution in [0.5, 0.6) is 0 Å². The van der Waals surface area contributed by atoms with Gasteiger partial charge in [-0.3, -0.25) is 19.9 Å². The summed E-state index contributed by atoms with van der Waals surface area (Å²) < 4.78 is 1.90. The van der Waals surface area contributed by atoms with Crippen molar-refractivity contribution in [2.24, 2.45) is 0 Å². The second kappa shape index (κ2) is 12.1. The van der Waals surface area contributed by atoms with Crippen molar-refractivity contribution >= 4 is 45.8 Å². The number of aromatic nitrogens is 4. The Morgan fingerprint density at radius 3 is 2.71 bits per heavy atom. The predicted molar refractivity (Wildman–Crippen MR) is 154 cm³/mol. The molecule has 0 unspecified atom stereocenters. The molecule has 3 aromatic heterocycles. The summed E-state index contributed by atoms with van der Waals surface area (Å²) >= 11 is 2.58. The average molecular weight is 583 g/mol. The molecule has 5 rings (SSSR count). The number of hydrogen-bond acceptors (Lipinski definition) is 10. The highest BCUT2D eigenvalue weighted by atomic mass is 32.2. The summed E-state index contributed by atoms with van der Waals surface area (Å²) in [6, 6.07) is 12.0. The summed E-state index contributed by atoms with van der Waals surface area (Å²) in [5, 5.41) is 43.5. The number of rotatable bonds is 8. The number of amides is 1. The average Bonchev–Trinajstić information content (AvgIpc) is 3.56. The standard InChI is InChI=1S/C28H22N8O3S2/c1-2-35-25(17-9-11-31-12-10-17)33-34-28(35)41-23-8-7-20(36(38)39)14-18(23)13-19(15-29)26(37)32-27-22(16-30)21-5-3-4-6-24(21)40-27/h7-14H,2-6H2,1H3,(H,32,37)/b19-13-. The molecule has 1 aromatic carbocycles. The Kier molecular flexibility index (Phi) is 8.19. The SMILES string of the molecule is CCn1c(Sc2ccc([N+](=O)[O-])cc2/C=C(/C#N)C(=O)Nc2sc3c(c2C#N)CCCC3)nnc1-c1ccncc1. The first-order valence-corrected chi connectivity index (χ1v) is 14.3. The molecule has 41 heavy (non-hydrogen) atoms. The number of aryl methyl sites for hydroxylation is 1. The van der Waals surface area contributed by atoms with Crippen LogP contribution in [-0.4, -0.2) is 30.6 Å². The number of carbonyl (C=O) groups is 1. The van der Waals surface area contributed by atoms with Crippen molar-refractivity contribution in [1.29, 1.82) is 10.5 Å². The van der Waals surface area contributed by atoms with E-state index in [0.29, 0.717) is 38.5 Å². The maximum Gasteiger partial charge on any atom is 0.270 e. The molecule has 4 aromatic rings. The van der Waals surface area contributed by atoms with Gasteiger partial charge >= 0.3 is 0 Å². The van der Waals surface area contributed by atoms with Crippen molar-refractivity contribution in [3.8, 4) is 23.5 Å². The number of nitrogens with zero attached hydrogens (tertiary/aromatic N) is 7. The molecule has 1 amide bonds. The summed E-state index contributed by atoms with van der Waals surface area (Å²) in [4.78, 5) is 29.9. The number of nitro groups is 1. The number of nitrogens with one attached hydrogen (secondary N) is 1. The second-order valence-electron chi connectivity index (χ2n) is 9.02. The van der Waals surface area contributed by atoms with Crippen LogP contribution in [0.15, 0.2) is 58.4 Å². The van der Waals surface area contributed by atoms with Crippen molar-refractivity contribution in [1.82, 2.24) is 19.7 Å². The van der Waals surface area contributed by atoms with Gasteiger partial charge in [-0.15, -0.1) is 21.5 Å². The lowest BCUT2D eigenvalue weighted by Crippen LogP contribution is -2.13. The molecule has 0 atom stereocenters. The van der Waals surface area contributed by atoms with Gasteiger partial charge in [-0.25, -0.2) is 0 Å². The van der Waals surface area contributed by atoms with Gasteiger partial charge in [0.15, 0.2) is 11.0 Å². The second-order valence-corrected chi connectivity index (χ2v) is 11.1. The largest absolute Gasteiger partial charge is 0.312 e. The lowest BCUT2D eigenvalue weighted by atomic mass is 9.96. The summed E-state index contributed by atoms with van der Waals surface area (Å²) in [7, 11) is 0. The molecule has 11 nitrogen and oxygen atoms in total. The Morgan fingerprint density at radius 2 is 2.00 bits per heavy atom. The summed E-state index contributed by atoms with van der Waals surface area (Å²) in [6.45, 7) is 2.51. The Balaban J connectivity index is 1.49. The number of carbonyl (C=O) groups excluding carboxylic acids is 1. The van der Waals surface area contributed by atoms with Crippen LogP contribution in [0.4, 0.5) is 10.7 Å². The van der Waals surface area contributed by atoms with Crippen molar-refractivity contribution in [2.45, 2.75) is 49.2 Å². The minimum absolute atomic E-state index is 0.189. The van der Waals surface area contributed by atoms with Crippen LogP contribution >= 0.6 is 23.1 Å². The Hall–Kier alpha value is -4.85. The van der Waals surface area contributed by atoms with Gasteiger partial charge in [0.1, 0.15) is 22.7 Å². The van der Waals surface area contributed by atoms with Gasteiger partial charge in [0.2, 0.25) is 0 Å². The smallest absolute Gasteiger partial charge is 0.270 e. The molecule has 0 saturated carbocycles. The van der Waals surface area contributed by atoms with E-state index in [2.05, 4.69) is 26.6 Å². The molecule has 0 bridgehead atoms. The monoisotopic (exact) mass is 582 g/mol. The molecule has 3 heterocycles. The zero-order valence-electron chi connectivity index (χ0n) is 21.8. The fourth-order valence-corrected chi connectivity index (χ4v) is 6.77. The van der Waals surface area contributed by atoms with Crippen molar-refractivity contribution in [3.63, 3.8) is 0 Å². The fourth-order valence-electron chi connectivity index (χ4n) is 4.56. The molecule has 1 aliphatic rings. The van der Waals surface area contributed by atoms with E-state index in [1.54, 1.807) is 18.5 Å². The van der Waals surface area contributed by atoms with Gasteiger partial charge in [-0.1, -0.05) is 0 Å². The number of non-ortho nitro benzene ring substituents is 1. The molecule has 0 spiro atoms. The van der Waals surface area contributed by atoms with E-state index in [1.165, 1.54) is 41.3 Å². The fraction of sp³-hybridized carbons (Fsp3) is 0.214. The van der Waals surface area contributed by atoms with Crippen LogP contribution in [0, 0.1) is 32.8 Å². The molecule has 1 aliphatic carbocycles. The first-order valence-electron chi connectivity index (χ1n) is 12.7. The van der Waals surface area contributed by atoms with Crippen molar-refractivity contribution in [2.75, 3.05) is 5.32 Å². The third kappa shape index (κ3) is 5.72. The van der Waals surface area contributed by atoms with Gasteiger partial charge in [-0.05, 0) is 79.8 Å². The molecular formula is C28H22N8O3S2. The number of hydrogen-bond donors (Lipinski definition) is 1. The van der Waals surface area contributed by atoms with Gasteiger partial charge < -0.3 is 9.88 Å². The lowest BCUT2D eigenvalue weighted by Gasteiger charge is -2.10. The minimum Gasteiger partial charge on any atom is -0.312 e. The molecule has 13 heteroatoms. The zero-order valence-corrected chi connectivity index (χ0v) is 23.5. The highest BCUT2D eigenvalue weighted by Crippen LogP contribution is 2.38. The Bertz CT molecular complexity index is 1760. The molecule has 204 valence electrons. The van der Waals surface area contributed by atoms with Crippen LogP contribution in [0.2, 0.25) is 0 Å². The van der Waals surface area contributed by atoms with Gasteiger partial charge in [0, 0.05) is 46.4 Å². The third-order valence-corrected chi connectivity index (χ3v) is 8.84. The molecule has 0 aliphatic heterocycles. The van der Waals surface area contributed by atoms with E-state index in [1.807, 2.05) is 29.7 Å². The first kappa shape index (κ1) is 27.7. The van der Waals surface area contributed by atoms with Crippen LogP contribution in [0.3, 0.4) is 0 Å². The minimum atomic E-state index is -0.693. The number of anilines is 1. The van der Waals surface area contributed by atoms with Crippen LogP contribution in [-0.2, 0) is 24.2 Å². The molecular weight excluding hydrogens is 560 g/mol. The third-order valence-electron chi connectivity index (χ3n) is 6.55. The van der Waals surface area contributed by atoms with Crippen molar-refractivity contribution < 1.29 is 9.72 Å². The number of nitriles is 2.